The molecule has 1 saturated heterocycles. The molecule has 2 aromatic heterocycles. The van der Waals surface area contributed by atoms with Crippen molar-refractivity contribution in [2.24, 2.45) is 0 Å². The van der Waals surface area contributed by atoms with E-state index in [-0.39, 0.29) is 6.61 Å². The molecule has 114 valence electrons. The van der Waals surface area contributed by atoms with Crippen LogP contribution in [0.5, 0.6) is 5.88 Å². The molecule has 2 aliphatic rings. The predicted molar refractivity (Wildman–Crippen MR) is 82.1 cm³/mol. The van der Waals surface area contributed by atoms with Gasteiger partial charge in [0.1, 0.15) is 0 Å². The minimum atomic E-state index is 0.262. The minimum absolute atomic E-state index is 0.262. The maximum absolute atomic E-state index is 5.81. The van der Waals surface area contributed by atoms with Crippen molar-refractivity contribution in [1.29, 1.82) is 0 Å². The molecule has 1 aliphatic carbocycles. The lowest BCUT2D eigenvalue weighted by Crippen LogP contribution is -2.14. The van der Waals surface area contributed by atoms with Crippen LogP contribution in [0.3, 0.4) is 0 Å². The zero-order chi connectivity index (χ0) is 14.9. The van der Waals surface area contributed by atoms with Crippen LogP contribution in [0, 0.1) is 12.3 Å². The molecule has 1 fully saturated rings. The van der Waals surface area contributed by atoms with Crippen LogP contribution in [0.1, 0.15) is 42.1 Å². The van der Waals surface area contributed by atoms with Gasteiger partial charge in [-0.25, -0.2) is 4.98 Å². The van der Waals surface area contributed by atoms with Gasteiger partial charge in [-0.1, -0.05) is 5.92 Å². The molecule has 0 atom stereocenters. The van der Waals surface area contributed by atoms with Gasteiger partial charge in [0.15, 0.2) is 12.3 Å². The Hall–Kier alpha value is -2.06. The van der Waals surface area contributed by atoms with Crippen molar-refractivity contribution >= 4 is 5.65 Å². The van der Waals surface area contributed by atoms with Gasteiger partial charge in [-0.05, 0) is 32.1 Å². The molecule has 0 spiro atoms. The second-order valence-corrected chi connectivity index (χ2v) is 5.91. The molecular weight excluding hydrogens is 278 g/mol. The number of rotatable bonds is 3. The summed E-state index contributed by atoms with van der Waals surface area (Å²) in [5.74, 6) is 3.78. The van der Waals surface area contributed by atoms with Crippen molar-refractivity contribution in [3.63, 3.8) is 0 Å². The molecule has 0 saturated carbocycles. The molecular formula is C17H19N3O2. The molecule has 5 heteroatoms. The summed E-state index contributed by atoms with van der Waals surface area (Å²) in [5, 5.41) is 4.77. The van der Waals surface area contributed by atoms with E-state index in [1.807, 2.05) is 4.52 Å². The van der Waals surface area contributed by atoms with Crippen molar-refractivity contribution in [2.45, 2.75) is 38.0 Å². The summed E-state index contributed by atoms with van der Waals surface area (Å²) < 4.78 is 13.1. The Kier molecular flexibility index (Phi) is 3.47. The van der Waals surface area contributed by atoms with Crippen LogP contribution in [0.25, 0.3) is 5.65 Å². The number of terminal acetylenes is 1. The lowest BCUT2D eigenvalue weighted by molar-refractivity contribution is 0.0844. The summed E-state index contributed by atoms with van der Waals surface area (Å²) in [6.07, 6.45) is 10.5. The Bertz CT molecular complexity index is 738. The summed E-state index contributed by atoms with van der Waals surface area (Å²) in [6.45, 7) is 1.88. The Morgan fingerprint density at radius 2 is 2.23 bits per heavy atom. The maximum Gasteiger partial charge on any atom is 0.222 e. The molecule has 4 rings (SSSR count). The molecule has 0 bridgehead atoms. The lowest BCUT2D eigenvalue weighted by Gasteiger charge is -2.19. The topological polar surface area (TPSA) is 48.7 Å². The number of hydrogen-bond acceptors (Lipinski definition) is 4. The molecule has 5 nitrogen and oxygen atoms in total. The number of aromatic nitrogens is 3. The van der Waals surface area contributed by atoms with Crippen molar-refractivity contribution in [3.8, 4) is 18.2 Å². The maximum atomic E-state index is 5.81. The zero-order valence-electron chi connectivity index (χ0n) is 12.5. The molecule has 0 N–H and O–H groups in total. The number of fused-ring (bicyclic) bond motifs is 2. The summed E-state index contributed by atoms with van der Waals surface area (Å²) in [4.78, 5) is 4.78. The van der Waals surface area contributed by atoms with Crippen LogP contribution in [0.4, 0.5) is 0 Å². The van der Waals surface area contributed by atoms with Gasteiger partial charge in [-0.15, -0.1) is 6.42 Å². The third-order valence-corrected chi connectivity index (χ3v) is 4.53. The quantitative estimate of drug-likeness (QED) is 0.814. The van der Waals surface area contributed by atoms with Gasteiger partial charge in [-0.2, -0.15) is 9.61 Å². The summed E-state index contributed by atoms with van der Waals surface area (Å²) in [6, 6.07) is 2.09. The molecule has 1 aliphatic heterocycles. The number of hydrogen-bond donors (Lipinski definition) is 0. The summed E-state index contributed by atoms with van der Waals surface area (Å²) in [5.41, 5.74) is 4.27. The number of nitrogens with zero attached hydrogens (tertiary/aromatic N) is 3. The Labute approximate surface area is 129 Å². The third-order valence-electron chi connectivity index (χ3n) is 4.53. The van der Waals surface area contributed by atoms with Gasteiger partial charge < -0.3 is 9.47 Å². The smallest absolute Gasteiger partial charge is 0.222 e. The van der Waals surface area contributed by atoms with E-state index in [0.717, 1.165) is 68.2 Å². The molecule has 0 radical (unpaired) electrons. The van der Waals surface area contributed by atoms with E-state index in [0.29, 0.717) is 5.92 Å². The van der Waals surface area contributed by atoms with E-state index >= 15 is 0 Å². The first-order valence-electron chi connectivity index (χ1n) is 7.92. The normalized spacial score (nSPS) is 18.3. The highest BCUT2D eigenvalue weighted by atomic mass is 16.5. The molecule has 2 aromatic rings. The van der Waals surface area contributed by atoms with Crippen LogP contribution in [-0.2, 0) is 17.6 Å². The van der Waals surface area contributed by atoms with E-state index in [1.54, 1.807) is 0 Å². The van der Waals surface area contributed by atoms with Crippen LogP contribution < -0.4 is 4.74 Å². The highest BCUT2D eigenvalue weighted by Gasteiger charge is 2.25. The second-order valence-electron chi connectivity index (χ2n) is 5.91. The first-order valence-corrected chi connectivity index (χ1v) is 7.92. The van der Waals surface area contributed by atoms with Crippen LogP contribution in [-0.4, -0.2) is 34.4 Å². The van der Waals surface area contributed by atoms with Gasteiger partial charge in [0, 0.05) is 30.8 Å². The highest BCUT2D eigenvalue weighted by Crippen LogP contribution is 2.33. The molecule has 0 amide bonds. The van der Waals surface area contributed by atoms with E-state index in [9.17, 15) is 0 Å². The van der Waals surface area contributed by atoms with Crippen LogP contribution in [0.2, 0.25) is 0 Å². The number of ether oxygens (including phenoxy) is 2. The Morgan fingerprint density at radius 1 is 1.36 bits per heavy atom. The number of aryl methyl sites for hydroxylation is 1. The lowest BCUT2D eigenvalue weighted by atomic mass is 9.97. The minimum Gasteiger partial charge on any atom is -0.464 e. The average Bonchev–Trinajstić information content (AvgIpc) is 3.18. The first-order chi connectivity index (χ1) is 10.9. The summed E-state index contributed by atoms with van der Waals surface area (Å²) in [7, 11) is 0. The monoisotopic (exact) mass is 297 g/mol. The third kappa shape index (κ3) is 2.24. The van der Waals surface area contributed by atoms with Crippen molar-refractivity contribution < 1.29 is 9.47 Å². The van der Waals surface area contributed by atoms with E-state index in [2.05, 4.69) is 12.0 Å². The fraction of sp³-hybridized carbons (Fsp3) is 0.529. The SMILES string of the molecule is C#CCOc1c2c(nc3cc(C4CCOCC4)nn13)CCC2. The van der Waals surface area contributed by atoms with Gasteiger partial charge >= 0.3 is 0 Å². The fourth-order valence-corrected chi connectivity index (χ4v) is 3.42. The van der Waals surface area contributed by atoms with E-state index in [4.69, 9.17) is 26.0 Å². The van der Waals surface area contributed by atoms with Gasteiger partial charge in [0.2, 0.25) is 5.88 Å². The molecule has 0 unspecified atom stereocenters. The Morgan fingerprint density at radius 3 is 3.05 bits per heavy atom. The Balaban J connectivity index is 1.79. The van der Waals surface area contributed by atoms with Crippen molar-refractivity contribution in [2.75, 3.05) is 19.8 Å². The predicted octanol–water partition coefficient (Wildman–Crippen LogP) is 2.12. The van der Waals surface area contributed by atoms with Crippen molar-refractivity contribution in [1.82, 2.24) is 14.6 Å². The standard InChI is InChI=1S/C17H19N3O2/c1-2-8-22-17-13-4-3-5-14(13)18-16-11-15(19-20(16)17)12-6-9-21-10-7-12/h1,11-12H,3-10H2. The molecule has 3 heterocycles. The van der Waals surface area contributed by atoms with Gasteiger partial charge in [-0.3, -0.25) is 0 Å². The zero-order valence-corrected chi connectivity index (χ0v) is 12.5. The highest BCUT2D eigenvalue weighted by molar-refractivity contribution is 5.49. The molecule has 0 aromatic carbocycles. The van der Waals surface area contributed by atoms with Crippen molar-refractivity contribution in [3.05, 3.63) is 23.0 Å². The van der Waals surface area contributed by atoms with Crippen LogP contribution in [0.15, 0.2) is 6.07 Å². The first kappa shape index (κ1) is 13.6. The summed E-state index contributed by atoms with van der Waals surface area (Å²) >= 11 is 0. The molecule has 22 heavy (non-hydrogen) atoms. The van der Waals surface area contributed by atoms with Crippen LogP contribution >= 0.6 is 0 Å². The largest absolute Gasteiger partial charge is 0.464 e. The van der Waals surface area contributed by atoms with Gasteiger partial charge in [0.25, 0.3) is 0 Å². The van der Waals surface area contributed by atoms with E-state index in [1.165, 1.54) is 5.56 Å². The average molecular weight is 297 g/mol. The fourth-order valence-electron chi connectivity index (χ4n) is 3.42. The van der Waals surface area contributed by atoms with E-state index < -0.39 is 0 Å². The second kappa shape index (κ2) is 5.62. The van der Waals surface area contributed by atoms with Gasteiger partial charge in [0.05, 0.1) is 11.4 Å².